The molecular formula is C14H26N2O2. The molecule has 104 valence electrons. The normalized spacial score (nSPS) is 30.8. The molecule has 1 saturated heterocycles. The molecule has 0 bridgehead atoms. The van der Waals surface area contributed by atoms with Gasteiger partial charge in [-0.25, -0.2) is 0 Å². The van der Waals surface area contributed by atoms with Gasteiger partial charge < -0.3 is 15.0 Å². The van der Waals surface area contributed by atoms with E-state index in [9.17, 15) is 4.79 Å². The molecule has 1 aliphatic heterocycles. The Labute approximate surface area is 110 Å². The molecule has 1 N–H and O–H groups in total. The van der Waals surface area contributed by atoms with Gasteiger partial charge in [-0.15, -0.1) is 0 Å². The number of rotatable bonds is 5. The lowest BCUT2D eigenvalue weighted by Gasteiger charge is -2.25. The maximum Gasteiger partial charge on any atom is 0.239 e. The highest BCUT2D eigenvalue weighted by molar-refractivity contribution is 5.82. The molecule has 0 spiro atoms. The Kier molecular flexibility index (Phi) is 4.62. The van der Waals surface area contributed by atoms with Crippen molar-refractivity contribution in [1.29, 1.82) is 0 Å². The number of nitrogens with one attached hydrogen (secondary N) is 1. The Balaban J connectivity index is 1.79. The first-order chi connectivity index (χ1) is 8.59. The summed E-state index contributed by atoms with van der Waals surface area (Å²) in [6, 6.07) is 0.0570. The van der Waals surface area contributed by atoms with E-state index in [1.807, 2.05) is 25.8 Å². The van der Waals surface area contributed by atoms with Crippen LogP contribution in [0.1, 0.15) is 33.1 Å². The Bertz CT molecular complexity index is 294. The second-order valence-electron chi connectivity index (χ2n) is 5.92. The minimum atomic E-state index is 0.0570. The lowest BCUT2D eigenvalue weighted by Crippen LogP contribution is -2.45. The van der Waals surface area contributed by atoms with Gasteiger partial charge in [0, 0.05) is 13.6 Å². The zero-order chi connectivity index (χ0) is 13.1. The van der Waals surface area contributed by atoms with Crippen LogP contribution in [-0.2, 0) is 9.53 Å². The summed E-state index contributed by atoms with van der Waals surface area (Å²) < 4.78 is 5.50. The van der Waals surface area contributed by atoms with Crippen LogP contribution in [0.5, 0.6) is 0 Å². The first-order valence-electron chi connectivity index (χ1n) is 7.19. The van der Waals surface area contributed by atoms with Gasteiger partial charge in [-0.3, -0.25) is 4.79 Å². The van der Waals surface area contributed by atoms with Crippen LogP contribution >= 0.6 is 0 Å². The first-order valence-corrected chi connectivity index (χ1v) is 7.19. The van der Waals surface area contributed by atoms with Gasteiger partial charge in [-0.1, -0.05) is 6.42 Å². The molecule has 18 heavy (non-hydrogen) atoms. The fraction of sp³-hybridized carbons (Fsp3) is 0.929. The van der Waals surface area contributed by atoms with Crippen LogP contribution in [0, 0.1) is 11.8 Å². The van der Waals surface area contributed by atoms with Gasteiger partial charge in [0.25, 0.3) is 0 Å². The fourth-order valence-corrected chi connectivity index (χ4v) is 3.23. The lowest BCUT2D eigenvalue weighted by molar-refractivity contribution is -0.133. The highest BCUT2D eigenvalue weighted by atomic mass is 16.5. The van der Waals surface area contributed by atoms with Crippen molar-refractivity contribution in [1.82, 2.24) is 10.2 Å². The first kappa shape index (κ1) is 13.8. The Morgan fingerprint density at radius 2 is 2.22 bits per heavy atom. The zero-order valence-electron chi connectivity index (χ0n) is 11.8. The summed E-state index contributed by atoms with van der Waals surface area (Å²) >= 11 is 0. The predicted octanol–water partition coefficient (Wildman–Crippen LogP) is 1.26. The van der Waals surface area contributed by atoms with Crippen molar-refractivity contribution in [3.8, 4) is 0 Å². The molecule has 1 aliphatic carbocycles. The highest BCUT2D eigenvalue weighted by Gasteiger charge is 2.43. The van der Waals surface area contributed by atoms with Crippen LogP contribution in [0.4, 0.5) is 0 Å². The number of carbonyl (C=O) groups excluding carboxylic acids is 1. The largest absolute Gasteiger partial charge is 0.377 e. The van der Waals surface area contributed by atoms with E-state index in [0.29, 0.717) is 19.1 Å². The predicted molar refractivity (Wildman–Crippen MR) is 71.3 cm³/mol. The topological polar surface area (TPSA) is 41.6 Å². The molecule has 0 aromatic rings. The molecule has 1 amide bonds. The Morgan fingerprint density at radius 1 is 1.44 bits per heavy atom. The highest BCUT2D eigenvalue weighted by Crippen LogP contribution is 2.38. The van der Waals surface area contributed by atoms with Crippen molar-refractivity contribution in [2.75, 3.05) is 26.7 Å². The van der Waals surface area contributed by atoms with Crippen LogP contribution in [-0.4, -0.2) is 49.7 Å². The number of hydrogen-bond acceptors (Lipinski definition) is 3. The summed E-state index contributed by atoms with van der Waals surface area (Å²) in [5.41, 5.74) is 0. The molecule has 0 aromatic carbocycles. The average molecular weight is 254 g/mol. The molecule has 1 heterocycles. The maximum absolute atomic E-state index is 12.4. The summed E-state index contributed by atoms with van der Waals surface area (Å²) in [5, 5.41) is 3.41. The fourth-order valence-electron chi connectivity index (χ4n) is 3.23. The third-order valence-electron chi connectivity index (χ3n) is 4.27. The minimum Gasteiger partial charge on any atom is -0.377 e. The second kappa shape index (κ2) is 6.02. The van der Waals surface area contributed by atoms with Crippen molar-refractivity contribution in [3.63, 3.8) is 0 Å². The van der Waals surface area contributed by atoms with E-state index in [1.54, 1.807) is 0 Å². The SMILES string of the molecule is CC(C)OCCN(C)C(=O)C1NCC2CCCC21. The molecule has 2 fully saturated rings. The van der Waals surface area contributed by atoms with Crippen LogP contribution in [0.3, 0.4) is 0 Å². The summed E-state index contributed by atoms with van der Waals surface area (Å²) in [6.45, 7) is 6.37. The van der Waals surface area contributed by atoms with Gasteiger partial charge in [0.1, 0.15) is 0 Å². The molecule has 0 radical (unpaired) electrons. The molecule has 2 rings (SSSR count). The third kappa shape index (κ3) is 3.04. The Morgan fingerprint density at radius 3 is 2.94 bits per heavy atom. The quantitative estimate of drug-likeness (QED) is 0.803. The summed E-state index contributed by atoms with van der Waals surface area (Å²) in [6.07, 6.45) is 4.03. The molecule has 1 saturated carbocycles. The van der Waals surface area contributed by atoms with Crippen LogP contribution < -0.4 is 5.32 Å². The summed E-state index contributed by atoms with van der Waals surface area (Å²) in [5.74, 6) is 1.56. The Hall–Kier alpha value is -0.610. The number of ether oxygens (including phenoxy) is 1. The number of carbonyl (C=O) groups is 1. The maximum atomic E-state index is 12.4. The molecule has 0 aromatic heterocycles. The lowest BCUT2D eigenvalue weighted by atomic mass is 9.93. The van der Waals surface area contributed by atoms with Crippen molar-refractivity contribution in [3.05, 3.63) is 0 Å². The molecular weight excluding hydrogens is 228 g/mol. The van der Waals surface area contributed by atoms with Gasteiger partial charge in [0.05, 0.1) is 18.8 Å². The van der Waals surface area contributed by atoms with Crippen molar-refractivity contribution >= 4 is 5.91 Å². The number of nitrogens with zero attached hydrogens (tertiary/aromatic N) is 1. The van der Waals surface area contributed by atoms with Gasteiger partial charge in [-0.05, 0) is 45.1 Å². The molecule has 2 aliphatic rings. The number of fused-ring (bicyclic) bond motifs is 1. The average Bonchev–Trinajstić information content (AvgIpc) is 2.88. The van der Waals surface area contributed by atoms with E-state index in [2.05, 4.69) is 5.32 Å². The monoisotopic (exact) mass is 254 g/mol. The van der Waals surface area contributed by atoms with E-state index in [1.165, 1.54) is 19.3 Å². The van der Waals surface area contributed by atoms with E-state index in [4.69, 9.17) is 4.74 Å². The van der Waals surface area contributed by atoms with Crippen LogP contribution in [0.15, 0.2) is 0 Å². The number of amides is 1. The van der Waals surface area contributed by atoms with Crippen LogP contribution in [0.25, 0.3) is 0 Å². The zero-order valence-corrected chi connectivity index (χ0v) is 11.8. The minimum absolute atomic E-state index is 0.0570. The van der Waals surface area contributed by atoms with Crippen molar-refractivity contribution in [2.45, 2.75) is 45.3 Å². The smallest absolute Gasteiger partial charge is 0.239 e. The van der Waals surface area contributed by atoms with Gasteiger partial charge >= 0.3 is 0 Å². The van der Waals surface area contributed by atoms with Crippen LogP contribution in [0.2, 0.25) is 0 Å². The summed E-state index contributed by atoms with van der Waals surface area (Å²) in [4.78, 5) is 14.2. The standard InChI is InChI=1S/C14H26N2O2/c1-10(2)18-8-7-16(3)14(17)13-12-6-4-5-11(12)9-15-13/h10-13,15H,4-9H2,1-3H3. The molecule has 3 atom stereocenters. The number of likely N-dealkylation sites (N-methyl/N-ethyl adjacent to an activating group) is 1. The van der Waals surface area contributed by atoms with E-state index in [0.717, 1.165) is 12.5 Å². The van der Waals surface area contributed by atoms with Gasteiger partial charge in [0.2, 0.25) is 5.91 Å². The van der Waals surface area contributed by atoms with E-state index in [-0.39, 0.29) is 18.1 Å². The number of hydrogen-bond donors (Lipinski definition) is 1. The molecule has 3 unspecified atom stereocenters. The summed E-state index contributed by atoms with van der Waals surface area (Å²) in [7, 11) is 1.88. The molecule has 4 nitrogen and oxygen atoms in total. The van der Waals surface area contributed by atoms with Crippen molar-refractivity contribution in [2.24, 2.45) is 11.8 Å². The van der Waals surface area contributed by atoms with E-state index < -0.39 is 0 Å². The van der Waals surface area contributed by atoms with Crippen molar-refractivity contribution < 1.29 is 9.53 Å². The van der Waals surface area contributed by atoms with Gasteiger partial charge in [-0.2, -0.15) is 0 Å². The molecule has 4 heteroatoms. The van der Waals surface area contributed by atoms with Gasteiger partial charge in [0.15, 0.2) is 0 Å². The van der Waals surface area contributed by atoms with E-state index >= 15 is 0 Å². The third-order valence-corrected chi connectivity index (χ3v) is 4.27. The second-order valence-corrected chi connectivity index (χ2v) is 5.92.